The molecule has 1 heterocycles. The summed E-state index contributed by atoms with van der Waals surface area (Å²) in [5, 5.41) is 2.79. The molecule has 2 aromatic rings. The Hall–Kier alpha value is -2.74. The lowest BCUT2D eigenvalue weighted by Crippen LogP contribution is -2.16. The molecule has 0 aromatic heterocycles. The Balaban J connectivity index is 1.76. The molecule has 0 saturated heterocycles. The van der Waals surface area contributed by atoms with Gasteiger partial charge in [0.2, 0.25) is 10.0 Å². The monoisotopic (exact) mass is 362 g/mol. The highest BCUT2D eigenvalue weighted by atomic mass is 32.2. The summed E-state index contributed by atoms with van der Waals surface area (Å²) >= 11 is 0. The summed E-state index contributed by atoms with van der Waals surface area (Å²) in [6.07, 6.45) is 1.08. The minimum absolute atomic E-state index is 0.300. The molecule has 25 heavy (non-hydrogen) atoms. The van der Waals surface area contributed by atoms with E-state index in [1.165, 1.54) is 0 Å². The van der Waals surface area contributed by atoms with Crippen molar-refractivity contribution in [1.29, 1.82) is 0 Å². The maximum atomic E-state index is 12.4. The normalized spacial score (nSPS) is 13.2. The number of carbonyl (C=O) groups is 1. The van der Waals surface area contributed by atoms with Crippen molar-refractivity contribution in [1.82, 2.24) is 0 Å². The number of rotatable bonds is 4. The molecule has 2 aromatic carbocycles. The summed E-state index contributed by atoms with van der Waals surface area (Å²) in [6.45, 7) is 2.71. The van der Waals surface area contributed by atoms with Crippen LogP contribution < -0.4 is 19.5 Å². The van der Waals surface area contributed by atoms with Crippen LogP contribution in [0, 0.1) is 6.92 Å². The molecule has 0 radical (unpaired) electrons. The summed E-state index contributed by atoms with van der Waals surface area (Å²) in [4.78, 5) is 12.4. The van der Waals surface area contributed by atoms with Gasteiger partial charge < -0.3 is 14.8 Å². The standard InChI is InChI=1S/C17H18N2O5S/c1-11-9-12(3-5-14(11)19-25(2,21)22)17(20)18-13-4-6-15-16(10-13)24-8-7-23-15/h3-6,9-10,19H,7-8H2,1-2H3,(H,18,20). The van der Waals surface area contributed by atoms with E-state index in [1.807, 2.05) is 0 Å². The van der Waals surface area contributed by atoms with E-state index in [0.717, 1.165) is 6.26 Å². The first-order chi connectivity index (χ1) is 11.8. The van der Waals surface area contributed by atoms with Gasteiger partial charge in [-0.05, 0) is 42.8 Å². The molecule has 1 amide bonds. The molecule has 0 unspecified atom stereocenters. The number of sulfonamides is 1. The van der Waals surface area contributed by atoms with Gasteiger partial charge in [0.25, 0.3) is 5.91 Å². The number of benzene rings is 2. The van der Waals surface area contributed by atoms with Gasteiger partial charge in [0.15, 0.2) is 11.5 Å². The fourth-order valence-electron chi connectivity index (χ4n) is 2.44. The van der Waals surface area contributed by atoms with Crippen LogP contribution in [0.1, 0.15) is 15.9 Å². The van der Waals surface area contributed by atoms with Crippen LogP contribution in [0.4, 0.5) is 11.4 Å². The average Bonchev–Trinajstić information content (AvgIpc) is 2.55. The van der Waals surface area contributed by atoms with Crippen molar-refractivity contribution in [3.05, 3.63) is 47.5 Å². The number of ether oxygens (including phenoxy) is 2. The molecule has 1 aliphatic rings. The van der Waals surface area contributed by atoms with E-state index in [4.69, 9.17) is 9.47 Å². The number of amides is 1. The third kappa shape index (κ3) is 4.21. The third-order valence-corrected chi connectivity index (χ3v) is 4.17. The predicted octanol–water partition coefficient (Wildman–Crippen LogP) is 2.39. The van der Waals surface area contributed by atoms with E-state index in [-0.39, 0.29) is 5.91 Å². The summed E-state index contributed by atoms with van der Waals surface area (Å²) in [7, 11) is -3.37. The molecular weight excluding hydrogens is 344 g/mol. The molecule has 2 N–H and O–H groups in total. The zero-order valence-corrected chi connectivity index (χ0v) is 14.6. The second-order valence-corrected chi connectivity index (χ2v) is 7.46. The number of aryl methyl sites for hydroxylation is 1. The van der Waals surface area contributed by atoms with Gasteiger partial charge in [-0.15, -0.1) is 0 Å². The van der Waals surface area contributed by atoms with Gasteiger partial charge in [-0.2, -0.15) is 0 Å². The van der Waals surface area contributed by atoms with Gasteiger partial charge in [-0.3, -0.25) is 9.52 Å². The van der Waals surface area contributed by atoms with Crippen LogP contribution in [-0.2, 0) is 10.0 Å². The zero-order chi connectivity index (χ0) is 18.0. The van der Waals surface area contributed by atoms with Crippen LogP contribution in [0.25, 0.3) is 0 Å². The first-order valence-corrected chi connectivity index (χ1v) is 9.50. The van der Waals surface area contributed by atoms with Gasteiger partial charge in [0, 0.05) is 17.3 Å². The number of hydrogen-bond acceptors (Lipinski definition) is 5. The van der Waals surface area contributed by atoms with E-state index in [9.17, 15) is 13.2 Å². The van der Waals surface area contributed by atoms with Crippen molar-refractivity contribution in [3.8, 4) is 11.5 Å². The molecule has 0 saturated carbocycles. The molecule has 132 valence electrons. The molecule has 8 heteroatoms. The summed E-state index contributed by atoms with van der Waals surface area (Å²) in [6, 6.07) is 9.94. The van der Waals surface area contributed by atoms with E-state index in [2.05, 4.69) is 10.0 Å². The van der Waals surface area contributed by atoms with E-state index in [0.29, 0.717) is 47.2 Å². The summed E-state index contributed by atoms with van der Waals surface area (Å²) in [5.74, 6) is 0.940. The maximum absolute atomic E-state index is 12.4. The Morgan fingerprint density at radius 2 is 1.76 bits per heavy atom. The zero-order valence-electron chi connectivity index (χ0n) is 13.8. The number of hydrogen-bond donors (Lipinski definition) is 2. The van der Waals surface area contributed by atoms with Gasteiger partial charge in [0.1, 0.15) is 13.2 Å². The molecule has 1 aliphatic heterocycles. The van der Waals surface area contributed by atoms with Crippen LogP contribution in [0.2, 0.25) is 0 Å². The van der Waals surface area contributed by atoms with E-state index in [1.54, 1.807) is 43.3 Å². The minimum Gasteiger partial charge on any atom is -0.486 e. The number of anilines is 2. The molecule has 7 nitrogen and oxygen atoms in total. The Labute approximate surface area is 146 Å². The smallest absolute Gasteiger partial charge is 0.255 e. The van der Waals surface area contributed by atoms with E-state index < -0.39 is 10.0 Å². The Morgan fingerprint density at radius 1 is 1.04 bits per heavy atom. The van der Waals surface area contributed by atoms with Gasteiger partial charge in [-0.25, -0.2) is 8.42 Å². The van der Waals surface area contributed by atoms with Gasteiger partial charge >= 0.3 is 0 Å². The largest absolute Gasteiger partial charge is 0.486 e. The van der Waals surface area contributed by atoms with Crippen LogP contribution >= 0.6 is 0 Å². The van der Waals surface area contributed by atoms with Crippen LogP contribution in [0.15, 0.2) is 36.4 Å². The summed E-state index contributed by atoms with van der Waals surface area (Å²) < 4.78 is 36.0. The maximum Gasteiger partial charge on any atom is 0.255 e. The topological polar surface area (TPSA) is 93.7 Å². The Morgan fingerprint density at radius 3 is 2.44 bits per heavy atom. The lowest BCUT2D eigenvalue weighted by Gasteiger charge is -2.19. The van der Waals surface area contributed by atoms with Crippen molar-refractivity contribution < 1.29 is 22.7 Å². The molecular formula is C17H18N2O5S. The van der Waals surface area contributed by atoms with Crippen molar-refractivity contribution in [2.75, 3.05) is 29.5 Å². The fourth-order valence-corrected chi connectivity index (χ4v) is 3.07. The minimum atomic E-state index is -3.37. The average molecular weight is 362 g/mol. The van der Waals surface area contributed by atoms with E-state index >= 15 is 0 Å². The van der Waals surface area contributed by atoms with Crippen molar-refractivity contribution in [2.24, 2.45) is 0 Å². The van der Waals surface area contributed by atoms with Crippen molar-refractivity contribution in [3.63, 3.8) is 0 Å². The molecule has 0 spiro atoms. The molecule has 0 bridgehead atoms. The first kappa shape index (κ1) is 17.1. The highest BCUT2D eigenvalue weighted by Gasteiger charge is 2.14. The first-order valence-electron chi connectivity index (χ1n) is 7.61. The number of nitrogens with one attached hydrogen (secondary N) is 2. The number of carbonyl (C=O) groups excluding carboxylic acids is 1. The van der Waals surface area contributed by atoms with Crippen LogP contribution in [-0.4, -0.2) is 33.8 Å². The van der Waals surface area contributed by atoms with Gasteiger partial charge in [0.05, 0.1) is 11.9 Å². The molecule has 0 fully saturated rings. The van der Waals surface area contributed by atoms with Gasteiger partial charge in [-0.1, -0.05) is 0 Å². The van der Waals surface area contributed by atoms with Crippen LogP contribution in [0.5, 0.6) is 11.5 Å². The Kier molecular flexibility index (Phi) is 4.54. The highest BCUT2D eigenvalue weighted by Crippen LogP contribution is 2.32. The third-order valence-electron chi connectivity index (χ3n) is 3.58. The second-order valence-electron chi connectivity index (χ2n) is 5.72. The molecule has 0 aliphatic carbocycles. The second kappa shape index (κ2) is 6.64. The predicted molar refractivity (Wildman–Crippen MR) is 95.0 cm³/mol. The Bertz CT molecular complexity index is 925. The number of fused-ring (bicyclic) bond motifs is 1. The SMILES string of the molecule is Cc1cc(C(=O)Nc2ccc3c(c2)OCCO3)ccc1NS(C)(=O)=O. The lowest BCUT2D eigenvalue weighted by molar-refractivity contribution is 0.102. The molecule has 3 rings (SSSR count). The highest BCUT2D eigenvalue weighted by molar-refractivity contribution is 7.92. The molecule has 0 atom stereocenters. The van der Waals surface area contributed by atoms with Crippen LogP contribution in [0.3, 0.4) is 0 Å². The quantitative estimate of drug-likeness (QED) is 0.871. The van der Waals surface area contributed by atoms with Crippen molar-refractivity contribution in [2.45, 2.75) is 6.92 Å². The fraction of sp³-hybridized carbons (Fsp3) is 0.235. The summed E-state index contributed by atoms with van der Waals surface area (Å²) in [5.41, 5.74) is 2.11. The lowest BCUT2D eigenvalue weighted by atomic mass is 10.1. The van der Waals surface area contributed by atoms with Crippen molar-refractivity contribution >= 4 is 27.3 Å².